The first-order valence-corrected chi connectivity index (χ1v) is 13.0. The quantitative estimate of drug-likeness (QED) is 0.308. The molecule has 0 N–H and O–H groups in total. The second-order valence-corrected chi connectivity index (χ2v) is 14.9. The SMILES string of the molecule is C=C[C@H]1C[C@@H](C=C)[C@@]2(C1)C(=O)OC[C@@H]2C(CC(=C)C)O[Si](C)(C)C(C)(C)C. The molecule has 0 aromatic heterocycles. The number of rotatable bonds is 7. The molecule has 0 aromatic carbocycles. The first-order valence-electron chi connectivity index (χ1n) is 10.1. The molecule has 1 saturated carbocycles. The van der Waals surface area contributed by atoms with Crippen LogP contribution in [0.15, 0.2) is 37.5 Å². The zero-order chi connectivity index (χ0) is 20.6. The normalized spacial score (nSPS) is 32.4. The second kappa shape index (κ2) is 7.71. The summed E-state index contributed by atoms with van der Waals surface area (Å²) in [4.78, 5) is 13.0. The van der Waals surface area contributed by atoms with E-state index in [0.717, 1.165) is 24.8 Å². The van der Waals surface area contributed by atoms with Gasteiger partial charge in [-0.3, -0.25) is 4.79 Å². The number of hydrogen-bond acceptors (Lipinski definition) is 3. The van der Waals surface area contributed by atoms with Crippen molar-refractivity contribution in [3.63, 3.8) is 0 Å². The summed E-state index contributed by atoms with van der Waals surface area (Å²) in [7, 11) is -2.00. The minimum Gasteiger partial charge on any atom is -0.465 e. The van der Waals surface area contributed by atoms with Crippen LogP contribution in [0.1, 0.15) is 47.0 Å². The first kappa shape index (κ1) is 22.2. The van der Waals surface area contributed by atoms with Gasteiger partial charge in [0.05, 0.1) is 18.1 Å². The van der Waals surface area contributed by atoms with E-state index in [1.807, 2.05) is 19.1 Å². The summed E-state index contributed by atoms with van der Waals surface area (Å²) in [6, 6.07) is 0. The topological polar surface area (TPSA) is 35.5 Å². The Kier molecular flexibility index (Phi) is 6.33. The fraction of sp³-hybridized carbons (Fsp3) is 0.696. The Bertz CT molecular complexity index is 616. The highest BCUT2D eigenvalue weighted by atomic mass is 28.4. The van der Waals surface area contributed by atoms with E-state index in [1.165, 1.54) is 0 Å². The lowest BCUT2D eigenvalue weighted by Gasteiger charge is -2.44. The Morgan fingerprint density at radius 3 is 2.48 bits per heavy atom. The first-order chi connectivity index (χ1) is 12.4. The van der Waals surface area contributed by atoms with Gasteiger partial charge in [-0.15, -0.1) is 19.7 Å². The van der Waals surface area contributed by atoms with Crippen LogP contribution in [0, 0.1) is 23.2 Å². The van der Waals surface area contributed by atoms with Crippen LogP contribution in [0.5, 0.6) is 0 Å². The minimum absolute atomic E-state index is 0.0313. The maximum atomic E-state index is 13.0. The molecule has 2 aliphatic rings. The number of esters is 1. The third-order valence-corrected chi connectivity index (χ3v) is 11.6. The molecule has 2 fully saturated rings. The minimum atomic E-state index is -2.00. The zero-order valence-electron chi connectivity index (χ0n) is 18.1. The highest BCUT2D eigenvalue weighted by Crippen LogP contribution is 2.58. The molecule has 0 amide bonds. The van der Waals surface area contributed by atoms with E-state index in [0.29, 0.717) is 12.5 Å². The van der Waals surface area contributed by atoms with Gasteiger partial charge in [-0.1, -0.05) is 38.5 Å². The predicted octanol–water partition coefficient (Wildman–Crippen LogP) is 5.90. The standard InChI is InChI=1S/C23H38O3Si/c1-10-17-13-18(11-2)23(14-17)19(15-25-21(23)24)20(12-16(3)4)26-27(8,9)22(5,6)7/h10-11,17-20H,1-3,12-15H2,4-9H3/t17-,18+,19+,20?,23+/m0/s1. The summed E-state index contributed by atoms with van der Waals surface area (Å²) in [5.74, 6) is 0.381. The molecular formula is C23H38O3Si. The fourth-order valence-electron chi connectivity index (χ4n) is 4.56. The van der Waals surface area contributed by atoms with Gasteiger partial charge >= 0.3 is 5.97 Å². The van der Waals surface area contributed by atoms with Crippen molar-refractivity contribution in [2.75, 3.05) is 6.61 Å². The number of carbonyl (C=O) groups excluding carboxylic acids is 1. The highest BCUT2D eigenvalue weighted by Gasteiger charge is 2.62. The van der Waals surface area contributed by atoms with Crippen molar-refractivity contribution in [2.45, 2.75) is 71.2 Å². The molecule has 1 heterocycles. The molecule has 1 aliphatic carbocycles. The van der Waals surface area contributed by atoms with Gasteiger partial charge < -0.3 is 9.16 Å². The molecule has 2 rings (SSSR count). The van der Waals surface area contributed by atoms with E-state index in [9.17, 15) is 4.79 Å². The van der Waals surface area contributed by atoms with Crippen LogP contribution < -0.4 is 0 Å². The average Bonchev–Trinajstić information content (AvgIpc) is 3.07. The molecule has 5 atom stereocenters. The summed E-state index contributed by atoms with van der Waals surface area (Å²) in [6.07, 6.45) is 6.34. The Labute approximate surface area is 167 Å². The molecule has 0 radical (unpaired) electrons. The van der Waals surface area contributed by atoms with Crippen molar-refractivity contribution < 1.29 is 14.0 Å². The maximum absolute atomic E-state index is 13.0. The highest BCUT2D eigenvalue weighted by molar-refractivity contribution is 6.74. The third kappa shape index (κ3) is 4.02. The molecule has 1 aliphatic heterocycles. The van der Waals surface area contributed by atoms with Crippen LogP contribution in [0.4, 0.5) is 0 Å². The van der Waals surface area contributed by atoms with Gasteiger partial charge in [-0.05, 0) is 56.2 Å². The van der Waals surface area contributed by atoms with E-state index in [4.69, 9.17) is 9.16 Å². The number of ether oxygens (including phenoxy) is 1. The van der Waals surface area contributed by atoms with Crippen LogP contribution in [0.2, 0.25) is 18.1 Å². The number of allylic oxidation sites excluding steroid dienone is 2. The van der Waals surface area contributed by atoms with E-state index in [1.54, 1.807) is 0 Å². The zero-order valence-corrected chi connectivity index (χ0v) is 19.1. The van der Waals surface area contributed by atoms with E-state index < -0.39 is 13.7 Å². The molecule has 27 heavy (non-hydrogen) atoms. The third-order valence-electron chi connectivity index (χ3n) is 7.12. The Hall–Kier alpha value is -1.13. The van der Waals surface area contributed by atoms with Crippen LogP contribution in [0.3, 0.4) is 0 Å². The molecule has 4 heteroatoms. The van der Waals surface area contributed by atoms with Crippen LogP contribution in [-0.2, 0) is 14.0 Å². The molecule has 0 bridgehead atoms. The largest absolute Gasteiger partial charge is 0.465 e. The van der Waals surface area contributed by atoms with Gasteiger partial charge in [0.1, 0.15) is 0 Å². The summed E-state index contributed by atoms with van der Waals surface area (Å²) >= 11 is 0. The molecule has 0 aromatic rings. The number of hydrogen-bond donors (Lipinski definition) is 0. The Morgan fingerprint density at radius 2 is 2.00 bits per heavy atom. The second-order valence-electron chi connectivity index (χ2n) is 10.1. The van der Waals surface area contributed by atoms with Gasteiger partial charge in [-0.2, -0.15) is 0 Å². The van der Waals surface area contributed by atoms with Crippen LogP contribution >= 0.6 is 0 Å². The smallest absolute Gasteiger partial charge is 0.313 e. The van der Waals surface area contributed by atoms with Gasteiger partial charge in [-0.25, -0.2) is 0 Å². The Morgan fingerprint density at radius 1 is 1.37 bits per heavy atom. The van der Waals surface area contributed by atoms with Gasteiger partial charge in [0, 0.05) is 5.92 Å². The number of carbonyl (C=O) groups is 1. The molecule has 1 saturated heterocycles. The maximum Gasteiger partial charge on any atom is 0.313 e. The van der Waals surface area contributed by atoms with Crippen molar-refractivity contribution in [1.82, 2.24) is 0 Å². The van der Waals surface area contributed by atoms with Gasteiger partial charge in [0.25, 0.3) is 0 Å². The Balaban J connectivity index is 2.44. The monoisotopic (exact) mass is 390 g/mol. The van der Waals surface area contributed by atoms with Crippen LogP contribution in [-0.4, -0.2) is 27.0 Å². The van der Waals surface area contributed by atoms with E-state index >= 15 is 0 Å². The lowest BCUT2D eigenvalue weighted by atomic mass is 9.67. The van der Waals surface area contributed by atoms with Crippen molar-refractivity contribution in [3.05, 3.63) is 37.5 Å². The predicted molar refractivity (Wildman–Crippen MR) is 115 cm³/mol. The summed E-state index contributed by atoms with van der Waals surface area (Å²) in [5, 5.41) is 0.105. The molecule has 1 unspecified atom stereocenters. The molecule has 152 valence electrons. The summed E-state index contributed by atoms with van der Waals surface area (Å²) < 4.78 is 12.6. The molecule has 1 spiro atoms. The summed E-state index contributed by atoms with van der Waals surface area (Å²) in [6.45, 7) is 25.9. The van der Waals surface area contributed by atoms with Gasteiger partial charge in [0.2, 0.25) is 0 Å². The fourth-order valence-corrected chi connectivity index (χ4v) is 5.91. The van der Waals surface area contributed by atoms with Crippen molar-refractivity contribution in [3.8, 4) is 0 Å². The van der Waals surface area contributed by atoms with Crippen molar-refractivity contribution in [1.29, 1.82) is 0 Å². The van der Waals surface area contributed by atoms with E-state index in [2.05, 4.69) is 53.6 Å². The summed E-state index contributed by atoms with van der Waals surface area (Å²) in [5.41, 5.74) is 0.546. The number of cyclic esters (lactones) is 1. The average molecular weight is 391 g/mol. The van der Waals surface area contributed by atoms with Crippen molar-refractivity contribution >= 4 is 14.3 Å². The molecule has 3 nitrogen and oxygen atoms in total. The van der Waals surface area contributed by atoms with Crippen molar-refractivity contribution in [2.24, 2.45) is 23.2 Å². The molecular weight excluding hydrogens is 352 g/mol. The van der Waals surface area contributed by atoms with E-state index in [-0.39, 0.29) is 28.9 Å². The lowest BCUT2D eigenvalue weighted by molar-refractivity contribution is -0.148. The van der Waals surface area contributed by atoms with Crippen LogP contribution in [0.25, 0.3) is 0 Å². The van der Waals surface area contributed by atoms with Gasteiger partial charge in [0.15, 0.2) is 8.32 Å². The lowest BCUT2D eigenvalue weighted by Crippen LogP contribution is -2.50.